The van der Waals surface area contributed by atoms with Gasteiger partial charge in [0, 0.05) is 11.6 Å². The molecule has 2 N–H and O–H groups in total. The zero-order valence-electron chi connectivity index (χ0n) is 25.3. The lowest BCUT2D eigenvalue weighted by Gasteiger charge is -2.26. The maximum atomic E-state index is 13.8. The number of oxime groups is 1. The summed E-state index contributed by atoms with van der Waals surface area (Å²) in [5.74, 6) is -0.436. The maximum absolute atomic E-state index is 13.8. The minimum atomic E-state index is -0.609. The molecule has 3 amide bonds. The van der Waals surface area contributed by atoms with E-state index >= 15 is 0 Å². The largest absolute Gasteiger partial charge is 0.496 e. The Hall–Kier alpha value is -3.79. The summed E-state index contributed by atoms with van der Waals surface area (Å²) in [5, 5.41) is 10.8. The first-order valence-corrected chi connectivity index (χ1v) is 14.4. The number of imide groups is 1. The molecule has 0 unspecified atom stereocenters. The maximum Gasteiger partial charge on any atom is 0.338 e. The standard InChI is InChI=1S/C31H41ClN4O6/c1-8-25(20-9-11-21(12-10-20)29(38)41-31(4,5)6)34-30(39)36-18-27(35-42-19(2)3)33-17-23(28(36)37)15-22-16-24(32)13-14-26(22)40-7/h9-14,16,19,23,25H,8,15,17-18H2,1-7H3,(H,33,35)(H,34,39)/t23-,25-/m1/s1. The number of carbonyl (C=O) groups is 3. The van der Waals surface area contributed by atoms with Gasteiger partial charge in [-0.25, -0.2) is 9.59 Å². The predicted octanol–water partition coefficient (Wildman–Crippen LogP) is 5.49. The number of nitrogens with zero attached hydrogens (tertiary/aromatic N) is 2. The van der Waals surface area contributed by atoms with Gasteiger partial charge in [0.25, 0.3) is 0 Å². The molecule has 2 atom stereocenters. The van der Waals surface area contributed by atoms with Crippen molar-refractivity contribution < 1.29 is 28.7 Å². The molecule has 1 saturated heterocycles. The smallest absolute Gasteiger partial charge is 0.338 e. The molecular weight excluding hydrogens is 560 g/mol. The summed E-state index contributed by atoms with van der Waals surface area (Å²) in [6, 6.07) is 11.1. The summed E-state index contributed by atoms with van der Waals surface area (Å²) in [6.07, 6.45) is 0.666. The van der Waals surface area contributed by atoms with Crippen molar-refractivity contribution in [1.29, 1.82) is 0 Å². The van der Waals surface area contributed by atoms with E-state index in [2.05, 4.69) is 15.8 Å². The van der Waals surface area contributed by atoms with Crippen molar-refractivity contribution in [1.82, 2.24) is 15.5 Å². The van der Waals surface area contributed by atoms with E-state index in [4.69, 9.17) is 25.9 Å². The molecule has 3 rings (SSSR count). The molecule has 2 aromatic carbocycles. The van der Waals surface area contributed by atoms with E-state index in [-0.39, 0.29) is 25.1 Å². The van der Waals surface area contributed by atoms with E-state index < -0.39 is 29.6 Å². The number of nitrogens with one attached hydrogen (secondary N) is 2. The molecule has 1 aliphatic heterocycles. The molecule has 11 heteroatoms. The summed E-state index contributed by atoms with van der Waals surface area (Å²) >= 11 is 6.23. The highest BCUT2D eigenvalue weighted by atomic mass is 35.5. The van der Waals surface area contributed by atoms with Gasteiger partial charge in [-0.1, -0.05) is 35.8 Å². The Kier molecular flexibility index (Phi) is 11.2. The van der Waals surface area contributed by atoms with Crippen molar-refractivity contribution in [2.75, 3.05) is 20.2 Å². The fourth-order valence-electron chi connectivity index (χ4n) is 4.40. The first-order chi connectivity index (χ1) is 19.8. The number of rotatable bonds is 9. The third-order valence-electron chi connectivity index (χ3n) is 6.46. The lowest BCUT2D eigenvalue weighted by Crippen LogP contribution is -2.48. The summed E-state index contributed by atoms with van der Waals surface area (Å²) in [7, 11) is 1.55. The lowest BCUT2D eigenvalue weighted by atomic mass is 9.97. The monoisotopic (exact) mass is 600 g/mol. The summed E-state index contributed by atoms with van der Waals surface area (Å²) in [6.45, 7) is 11.2. The molecule has 0 aliphatic carbocycles. The van der Waals surface area contributed by atoms with E-state index in [1.165, 1.54) is 0 Å². The average Bonchev–Trinajstić information content (AvgIpc) is 3.08. The zero-order chi connectivity index (χ0) is 31.0. The zero-order valence-corrected chi connectivity index (χ0v) is 26.1. The van der Waals surface area contributed by atoms with Crippen LogP contribution >= 0.6 is 11.6 Å². The van der Waals surface area contributed by atoms with Crippen molar-refractivity contribution in [3.8, 4) is 5.75 Å². The van der Waals surface area contributed by atoms with Crippen LogP contribution in [0.3, 0.4) is 0 Å². The molecule has 1 fully saturated rings. The number of carbonyl (C=O) groups excluding carboxylic acids is 3. The van der Waals surface area contributed by atoms with Crippen LogP contribution in [0.2, 0.25) is 5.02 Å². The van der Waals surface area contributed by atoms with Gasteiger partial charge in [0.05, 0.1) is 31.2 Å². The van der Waals surface area contributed by atoms with Crippen LogP contribution in [-0.4, -0.2) is 60.5 Å². The third-order valence-corrected chi connectivity index (χ3v) is 6.69. The Balaban J connectivity index is 1.84. The van der Waals surface area contributed by atoms with Crippen molar-refractivity contribution in [2.24, 2.45) is 11.1 Å². The molecule has 0 saturated carbocycles. The van der Waals surface area contributed by atoms with Gasteiger partial charge >= 0.3 is 12.0 Å². The molecule has 0 radical (unpaired) electrons. The molecule has 1 aliphatic rings. The number of amidine groups is 1. The van der Waals surface area contributed by atoms with E-state index in [0.717, 1.165) is 16.0 Å². The summed E-state index contributed by atoms with van der Waals surface area (Å²) < 4.78 is 10.9. The van der Waals surface area contributed by atoms with Gasteiger partial charge in [-0.2, -0.15) is 0 Å². The van der Waals surface area contributed by atoms with Crippen LogP contribution in [0.5, 0.6) is 5.75 Å². The Labute approximate surface area is 252 Å². The van der Waals surface area contributed by atoms with Gasteiger partial charge in [-0.3, -0.25) is 9.69 Å². The van der Waals surface area contributed by atoms with Gasteiger partial charge < -0.3 is 24.9 Å². The van der Waals surface area contributed by atoms with Crippen molar-refractivity contribution in [3.63, 3.8) is 0 Å². The average molecular weight is 601 g/mol. The van der Waals surface area contributed by atoms with Gasteiger partial charge in [-0.05, 0) is 88.9 Å². The van der Waals surface area contributed by atoms with Crippen molar-refractivity contribution >= 4 is 35.3 Å². The number of hydrogen-bond acceptors (Lipinski definition) is 7. The highest BCUT2D eigenvalue weighted by Gasteiger charge is 2.35. The molecule has 1 heterocycles. The van der Waals surface area contributed by atoms with Gasteiger partial charge in [0.1, 0.15) is 17.5 Å². The molecule has 228 valence electrons. The van der Waals surface area contributed by atoms with E-state index in [1.807, 2.05) is 41.5 Å². The van der Waals surface area contributed by atoms with Crippen LogP contribution in [0.4, 0.5) is 4.79 Å². The number of esters is 1. The Morgan fingerprint density at radius 2 is 1.86 bits per heavy atom. The minimum Gasteiger partial charge on any atom is -0.496 e. The quantitative estimate of drug-likeness (QED) is 0.288. The van der Waals surface area contributed by atoms with Gasteiger partial charge in [-0.15, -0.1) is 0 Å². The first-order valence-electron chi connectivity index (χ1n) is 14.0. The number of urea groups is 1. The second-order valence-electron chi connectivity index (χ2n) is 11.4. The summed E-state index contributed by atoms with van der Waals surface area (Å²) in [4.78, 5) is 46.5. The molecule has 0 bridgehead atoms. The first kappa shape index (κ1) is 32.7. The Morgan fingerprint density at radius 1 is 1.17 bits per heavy atom. The fourth-order valence-corrected chi connectivity index (χ4v) is 4.60. The minimum absolute atomic E-state index is 0.0887. The SMILES string of the molecule is CC[C@@H](NC(=O)N1C/C(=N/OC(C)C)NC[C@@H](Cc2cc(Cl)ccc2OC)C1=O)c1ccc(C(=O)OC(C)(C)C)cc1. The molecule has 10 nitrogen and oxygen atoms in total. The van der Waals surface area contributed by atoms with Crippen LogP contribution in [0.15, 0.2) is 47.6 Å². The van der Waals surface area contributed by atoms with Crippen LogP contribution in [0.1, 0.15) is 75.5 Å². The molecule has 0 spiro atoms. The van der Waals surface area contributed by atoms with E-state index in [1.54, 1.807) is 49.6 Å². The number of methoxy groups -OCH3 is 1. The highest BCUT2D eigenvalue weighted by Crippen LogP contribution is 2.27. The number of amides is 3. The van der Waals surface area contributed by atoms with E-state index in [9.17, 15) is 14.4 Å². The second kappa shape index (κ2) is 14.4. The number of benzene rings is 2. The van der Waals surface area contributed by atoms with Crippen molar-refractivity contribution in [3.05, 3.63) is 64.2 Å². The second-order valence-corrected chi connectivity index (χ2v) is 11.8. The van der Waals surface area contributed by atoms with E-state index in [0.29, 0.717) is 35.0 Å². The number of hydrogen-bond donors (Lipinski definition) is 2. The highest BCUT2D eigenvalue weighted by molar-refractivity contribution is 6.30. The van der Waals surface area contributed by atoms with Crippen LogP contribution < -0.4 is 15.4 Å². The number of ether oxygens (including phenoxy) is 2. The van der Waals surface area contributed by atoms with Crippen LogP contribution in [0.25, 0.3) is 0 Å². The predicted molar refractivity (Wildman–Crippen MR) is 162 cm³/mol. The Bertz CT molecular complexity index is 1290. The molecule has 0 aromatic heterocycles. The van der Waals surface area contributed by atoms with Crippen LogP contribution in [0, 0.1) is 5.92 Å². The third kappa shape index (κ3) is 9.11. The normalized spacial score (nSPS) is 17.4. The topological polar surface area (TPSA) is 119 Å². The Morgan fingerprint density at radius 3 is 2.45 bits per heavy atom. The number of halogens is 1. The lowest BCUT2D eigenvalue weighted by molar-refractivity contribution is -0.131. The molecular formula is C31H41ClN4O6. The van der Waals surface area contributed by atoms with Crippen molar-refractivity contribution in [2.45, 2.75) is 72.1 Å². The summed E-state index contributed by atoms with van der Waals surface area (Å²) in [5.41, 5.74) is 1.34. The molecule has 42 heavy (non-hydrogen) atoms. The van der Waals surface area contributed by atoms with Gasteiger partial charge in [0.15, 0.2) is 5.84 Å². The van der Waals surface area contributed by atoms with Crippen LogP contribution in [-0.2, 0) is 20.8 Å². The fraction of sp³-hybridized carbons (Fsp3) is 0.484. The molecule has 2 aromatic rings. The van der Waals surface area contributed by atoms with Gasteiger partial charge in [0.2, 0.25) is 5.91 Å².